The molecular weight excluding hydrogens is 250 g/mol. The number of halogens is 1. The van der Waals surface area contributed by atoms with Crippen LogP contribution in [0.15, 0.2) is 17.0 Å². The zero-order valence-electron chi connectivity index (χ0n) is 8.23. The minimum absolute atomic E-state index is 0.0397. The highest BCUT2D eigenvalue weighted by Gasteiger charge is 2.35. The highest BCUT2D eigenvalue weighted by atomic mass is 35.7. The summed E-state index contributed by atoms with van der Waals surface area (Å²) in [5.41, 5.74) is 2.58. The Kier molecular flexibility index (Phi) is 1.89. The van der Waals surface area contributed by atoms with Crippen LogP contribution in [-0.4, -0.2) is 20.9 Å². The molecule has 0 N–H and O–H groups in total. The van der Waals surface area contributed by atoms with Gasteiger partial charge in [-0.1, -0.05) is 0 Å². The first-order valence-corrected chi connectivity index (χ1v) is 7.18. The van der Waals surface area contributed by atoms with Crippen LogP contribution in [0, 0.1) is 0 Å². The van der Waals surface area contributed by atoms with Gasteiger partial charge in [0.05, 0.1) is 17.0 Å². The van der Waals surface area contributed by atoms with Gasteiger partial charge in [0.1, 0.15) is 0 Å². The SMILES string of the molecule is O=C1Cc2cc(S(=O)(=O)Cl)cc3c2N1CC3. The lowest BCUT2D eigenvalue weighted by Gasteiger charge is -2.09. The lowest BCUT2D eigenvalue weighted by Crippen LogP contribution is -2.24. The van der Waals surface area contributed by atoms with E-state index in [4.69, 9.17) is 10.7 Å². The van der Waals surface area contributed by atoms with Gasteiger partial charge < -0.3 is 4.90 Å². The summed E-state index contributed by atoms with van der Waals surface area (Å²) in [6.45, 7) is 0.646. The van der Waals surface area contributed by atoms with Crippen molar-refractivity contribution in [3.8, 4) is 0 Å². The lowest BCUT2D eigenvalue weighted by atomic mass is 10.1. The Bertz CT molecular complexity index is 609. The Morgan fingerprint density at radius 2 is 1.94 bits per heavy atom. The predicted octanol–water partition coefficient (Wildman–Crippen LogP) is 1.06. The van der Waals surface area contributed by atoms with E-state index in [-0.39, 0.29) is 17.2 Å². The van der Waals surface area contributed by atoms with E-state index in [1.54, 1.807) is 11.0 Å². The molecule has 0 atom stereocenters. The molecule has 1 aromatic carbocycles. The van der Waals surface area contributed by atoms with E-state index in [0.717, 1.165) is 16.8 Å². The maximum absolute atomic E-state index is 11.6. The Morgan fingerprint density at radius 1 is 1.25 bits per heavy atom. The second-order valence-electron chi connectivity index (χ2n) is 4.00. The van der Waals surface area contributed by atoms with Gasteiger partial charge >= 0.3 is 0 Å². The average molecular weight is 258 g/mol. The lowest BCUT2D eigenvalue weighted by molar-refractivity contribution is -0.117. The van der Waals surface area contributed by atoms with Crippen molar-refractivity contribution in [2.75, 3.05) is 11.4 Å². The number of rotatable bonds is 1. The van der Waals surface area contributed by atoms with Crippen LogP contribution in [0.3, 0.4) is 0 Å². The Labute approximate surface area is 97.2 Å². The maximum atomic E-state index is 11.6. The van der Waals surface area contributed by atoms with Crippen LogP contribution in [0.2, 0.25) is 0 Å². The summed E-state index contributed by atoms with van der Waals surface area (Å²) in [5.74, 6) is 0.0397. The monoisotopic (exact) mass is 257 g/mol. The molecule has 0 aromatic heterocycles. The van der Waals surface area contributed by atoms with Crippen LogP contribution in [-0.2, 0) is 26.7 Å². The predicted molar refractivity (Wildman–Crippen MR) is 59.2 cm³/mol. The van der Waals surface area contributed by atoms with Gasteiger partial charge in [0.25, 0.3) is 9.05 Å². The minimum atomic E-state index is -3.71. The van der Waals surface area contributed by atoms with E-state index >= 15 is 0 Å². The maximum Gasteiger partial charge on any atom is 0.261 e. The third-order valence-electron chi connectivity index (χ3n) is 3.04. The quantitative estimate of drug-likeness (QED) is 0.707. The number of benzene rings is 1. The Morgan fingerprint density at radius 3 is 2.62 bits per heavy atom. The number of hydrogen-bond donors (Lipinski definition) is 0. The minimum Gasteiger partial charge on any atom is -0.311 e. The van der Waals surface area contributed by atoms with Gasteiger partial charge in [0.15, 0.2) is 0 Å². The number of anilines is 1. The zero-order chi connectivity index (χ0) is 11.5. The van der Waals surface area contributed by atoms with E-state index in [1.165, 1.54) is 6.07 Å². The van der Waals surface area contributed by atoms with Crippen molar-refractivity contribution in [1.29, 1.82) is 0 Å². The molecule has 4 nitrogen and oxygen atoms in total. The molecule has 1 amide bonds. The topological polar surface area (TPSA) is 54.5 Å². The van der Waals surface area contributed by atoms with Crippen molar-refractivity contribution in [3.63, 3.8) is 0 Å². The van der Waals surface area contributed by atoms with Gasteiger partial charge in [-0.3, -0.25) is 4.79 Å². The zero-order valence-corrected chi connectivity index (χ0v) is 9.81. The molecule has 0 bridgehead atoms. The van der Waals surface area contributed by atoms with E-state index in [2.05, 4.69) is 0 Å². The van der Waals surface area contributed by atoms with E-state index in [1.807, 2.05) is 0 Å². The van der Waals surface area contributed by atoms with Gasteiger partial charge in [0.2, 0.25) is 5.91 Å². The van der Waals surface area contributed by atoms with Crippen LogP contribution >= 0.6 is 10.7 Å². The summed E-state index contributed by atoms with van der Waals surface area (Å²) in [5, 5.41) is 0. The highest BCUT2D eigenvalue weighted by molar-refractivity contribution is 8.13. The van der Waals surface area contributed by atoms with Gasteiger partial charge in [-0.2, -0.15) is 0 Å². The molecule has 2 aliphatic rings. The fraction of sp³-hybridized carbons (Fsp3) is 0.300. The van der Waals surface area contributed by atoms with Gasteiger partial charge in [-0.05, 0) is 29.7 Å². The molecule has 0 unspecified atom stereocenters. The Hall–Kier alpha value is -1.07. The molecule has 0 saturated heterocycles. The standard InChI is InChI=1S/C10H8ClNO3S/c11-16(14,15)8-3-6-1-2-12-9(13)5-7(4-8)10(6)12/h3-4H,1-2,5H2. The molecule has 16 heavy (non-hydrogen) atoms. The summed E-state index contributed by atoms with van der Waals surface area (Å²) >= 11 is 0. The fourth-order valence-corrected chi connectivity index (χ4v) is 3.23. The van der Waals surface area contributed by atoms with Crippen molar-refractivity contribution in [2.45, 2.75) is 17.7 Å². The van der Waals surface area contributed by atoms with Crippen molar-refractivity contribution in [2.24, 2.45) is 0 Å². The summed E-state index contributed by atoms with van der Waals surface area (Å²) in [6.07, 6.45) is 0.983. The molecule has 2 aliphatic heterocycles. The second kappa shape index (κ2) is 2.99. The summed E-state index contributed by atoms with van der Waals surface area (Å²) < 4.78 is 22.5. The van der Waals surface area contributed by atoms with Crippen LogP contribution in [0.5, 0.6) is 0 Å². The Balaban J connectivity index is 2.27. The highest BCUT2D eigenvalue weighted by Crippen LogP contribution is 2.39. The van der Waals surface area contributed by atoms with Crippen molar-refractivity contribution < 1.29 is 13.2 Å². The molecule has 0 radical (unpaired) electrons. The van der Waals surface area contributed by atoms with Crippen molar-refractivity contribution in [1.82, 2.24) is 0 Å². The van der Waals surface area contributed by atoms with Gasteiger partial charge in [0, 0.05) is 17.2 Å². The molecule has 2 heterocycles. The van der Waals surface area contributed by atoms with Crippen molar-refractivity contribution >= 4 is 31.3 Å². The number of hydrogen-bond acceptors (Lipinski definition) is 3. The normalized spacial score (nSPS) is 18.1. The molecule has 0 aliphatic carbocycles. The largest absolute Gasteiger partial charge is 0.311 e. The number of carbonyl (C=O) groups is 1. The first kappa shape index (κ1) is 10.1. The van der Waals surface area contributed by atoms with Crippen molar-refractivity contribution in [3.05, 3.63) is 23.3 Å². The van der Waals surface area contributed by atoms with Crippen LogP contribution < -0.4 is 4.90 Å². The summed E-state index contributed by atoms with van der Waals surface area (Å²) in [6, 6.07) is 3.07. The first-order valence-electron chi connectivity index (χ1n) is 4.87. The van der Waals surface area contributed by atoms with Gasteiger partial charge in [-0.25, -0.2) is 8.42 Å². The summed E-state index contributed by atoms with van der Waals surface area (Å²) in [4.78, 5) is 13.4. The second-order valence-corrected chi connectivity index (χ2v) is 6.57. The number of amides is 1. The van der Waals surface area contributed by atoms with Crippen LogP contribution in [0.4, 0.5) is 5.69 Å². The molecule has 0 saturated carbocycles. The average Bonchev–Trinajstić information content (AvgIpc) is 2.71. The number of carbonyl (C=O) groups excluding carboxylic acids is 1. The molecule has 0 spiro atoms. The van der Waals surface area contributed by atoms with E-state index < -0.39 is 9.05 Å². The number of nitrogens with zero attached hydrogens (tertiary/aromatic N) is 1. The molecular formula is C10H8ClNO3S. The van der Waals surface area contributed by atoms with E-state index in [9.17, 15) is 13.2 Å². The molecule has 1 aromatic rings. The fourth-order valence-electron chi connectivity index (χ4n) is 2.39. The molecule has 0 fully saturated rings. The summed E-state index contributed by atoms with van der Waals surface area (Å²) in [7, 11) is 1.60. The third kappa shape index (κ3) is 1.28. The van der Waals surface area contributed by atoms with Crippen LogP contribution in [0.1, 0.15) is 11.1 Å². The molecule has 84 valence electrons. The molecule has 3 rings (SSSR count). The molecule has 6 heteroatoms. The first-order chi connectivity index (χ1) is 7.47. The van der Waals surface area contributed by atoms with Crippen LogP contribution in [0.25, 0.3) is 0 Å². The smallest absolute Gasteiger partial charge is 0.261 e. The van der Waals surface area contributed by atoms with E-state index in [0.29, 0.717) is 13.0 Å². The van der Waals surface area contributed by atoms with Gasteiger partial charge in [-0.15, -0.1) is 0 Å². The third-order valence-corrected chi connectivity index (χ3v) is 4.37.